The number of nitrogens with one attached hydrogen (secondary N) is 1. The van der Waals surface area contributed by atoms with Crippen molar-refractivity contribution < 1.29 is 4.79 Å². The van der Waals surface area contributed by atoms with E-state index >= 15 is 0 Å². The van der Waals surface area contributed by atoms with Gasteiger partial charge in [0.15, 0.2) is 0 Å². The first-order valence-electron chi connectivity index (χ1n) is 7.96. The van der Waals surface area contributed by atoms with Crippen LogP contribution in [0.1, 0.15) is 48.9 Å². The van der Waals surface area contributed by atoms with Crippen LogP contribution in [0.25, 0.3) is 0 Å². The number of carbonyl (C=O) groups excluding carboxylic acids is 1. The molecule has 0 radical (unpaired) electrons. The highest BCUT2D eigenvalue weighted by molar-refractivity contribution is 5.94. The predicted molar refractivity (Wildman–Crippen MR) is 83.4 cm³/mol. The Morgan fingerprint density at radius 1 is 1.24 bits per heavy atom. The molecule has 3 N–H and O–H groups in total. The number of nitrogens with zero attached hydrogens (tertiary/aromatic N) is 2. The fourth-order valence-electron chi connectivity index (χ4n) is 3.40. The van der Waals surface area contributed by atoms with E-state index in [-0.39, 0.29) is 11.4 Å². The number of nitrogens with two attached hydrogens (primary N) is 1. The number of rotatable bonds is 4. The lowest BCUT2D eigenvalue weighted by Gasteiger charge is -2.28. The average Bonchev–Trinajstić information content (AvgIpc) is 3.19. The van der Waals surface area contributed by atoms with Crippen molar-refractivity contribution in [1.29, 1.82) is 0 Å². The Bertz CT molecular complexity index is 488. The third kappa shape index (κ3) is 3.02. The minimum absolute atomic E-state index is 0.0529. The molecule has 0 unspecified atom stereocenters. The summed E-state index contributed by atoms with van der Waals surface area (Å²) in [4.78, 5) is 19.1. The third-order valence-corrected chi connectivity index (χ3v) is 4.77. The van der Waals surface area contributed by atoms with Crippen LogP contribution in [0.4, 0.5) is 5.82 Å². The molecule has 0 atom stereocenters. The van der Waals surface area contributed by atoms with Crippen LogP contribution in [0.15, 0.2) is 18.3 Å². The van der Waals surface area contributed by atoms with Gasteiger partial charge >= 0.3 is 0 Å². The molecule has 1 amide bonds. The van der Waals surface area contributed by atoms with Gasteiger partial charge in [-0.3, -0.25) is 4.79 Å². The zero-order valence-electron chi connectivity index (χ0n) is 12.5. The maximum atomic E-state index is 12.4. The minimum Gasteiger partial charge on any atom is -0.357 e. The normalized spacial score (nSPS) is 20.7. The van der Waals surface area contributed by atoms with Gasteiger partial charge in [-0.05, 0) is 37.8 Å². The molecule has 21 heavy (non-hydrogen) atoms. The summed E-state index contributed by atoms with van der Waals surface area (Å²) in [7, 11) is 0. The number of amides is 1. The Kier molecular flexibility index (Phi) is 4.10. The highest BCUT2D eigenvalue weighted by Gasteiger charge is 2.34. The molecule has 114 valence electrons. The third-order valence-electron chi connectivity index (χ3n) is 4.77. The van der Waals surface area contributed by atoms with E-state index in [0.29, 0.717) is 12.1 Å². The van der Waals surface area contributed by atoms with Crippen LogP contribution in [0, 0.1) is 0 Å². The number of carbonyl (C=O) groups is 1. The van der Waals surface area contributed by atoms with Gasteiger partial charge in [0, 0.05) is 25.8 Å². The lowest BCUT2D eigenvalue weighted by molar-refractivity contribution is 0.0903. The van der Waals surface area contributed by atoms with E-state index in [2.05, 4.69) is 15.2 Å². The maximum absolute atomic E-state index is 12.4. The highest BCUT2D eigenvalue weighted by Crippen LogP contribution is 2.29. The van der Waals surface area contributed by atoms with E-state index in [1.165, 1.54) is 12.8 Å². The van der Waals surface area contributed by atoms with E-state index in [9.17, 15) is 4.79 Å². The monoisotopic (exact) mass is 288 g/mol. The van der Waals surface area contributed by atoms with E-state index in [1.807, 2.05) is 12.1 Å². The van der Waals surface area contributed by atoms with Gasteiger partial charge in [-0.15, -0.1) is 0 Å². The molecule has 1 saturated heterocycles. The zero-order valence-corrected chi connectivity index (χ0v) is 12.5. The highest BCUT2D eigenvalue weighted by atomic mass is 16.1. The zero-order chi connectivity index (χ0) is 14.7. The number of anilines is 1. The van der Waals surface area contributed by atoms with E-state index in [0.717, 1.165) is 44.6 Å². The first-order valence-corrected chi connectivity index (χ1v) is 7.96. The summed E-state index contributed by atoms with van der Waals surface area (Å²) in [6, 6.07) is 3.82. The lowest BCUT2D eigenvalue weighted by Crippen LogP contribution is -2.51. The fraction of sp³-hybridized carbons (Fsp3) is 0.625. The molecule has 1 saturated carbocycles. The minimum atomic E-state index is -0.204. The SMILES string of the molecule is NCC1(NC(=O)c2ccc(N3CCCC3)nc2)CCCC1. The predicted octanol–water partition coefficient (Wildman–Crippen LogP) is 1.68. The van der Waals surface area contributed by atoms with Crippen molar-refractivity contribution in [2.45, 2.75) is 44.1 Å². The summed E-state index contributed by atoms with van der Waals surface area (Å²) in [5, 5.41) is 3.13. The van der Waals surface area contributed by atoms with Crippen LogP contribution in [-0.4, -0.2) is 36.1 Å². The molecular weight excluding hydrogens is 264 g/mol. The van der Waals surface area contributed by atoms with Crippen LogP contribution >= 0.6 is 0 Å². The van der Waals surface area contributed by atoms with Crippen molar-refractivity contribution in [2.24, 2.45) is 5.73 Å². The topological polar surface area (TPSA) is 71.2 Å². The summed E-state index contributed by atoms with van der Waals surface area (Å²) >= 11 is 0. The second-order valence-corrected chi connectivity index (χ2v) is 6.24. The fourth-order valence-corrected chi connectivity index (χ4v) is 3.40. The summed E-state index contributed by atoms with van der Waals surface area (Å²) in [5.41, 5.74) is 6.28. The van der Waals surface area contributed by atoms with Gasteiger partial charge < -0.3 is 16.0 Å². The lowest BCUT2D eigenvalue weighted by atomic mass is 9.97. The van der Waals surface area contributed by atoms with Crippen molar-refractivity contribution in [3.8, 4) is 0 Å². The molecule has 5 heteroatoms. The van der Waals surface area contributed by atoms with Crippen molar-refractivity contribution in [1.82, 2.24) is 10.3 Å². The van der Waals surface area contributed by atoms with Crippen LogP contribution in [0.5, 0.6) is 0 Å². The molecule has 2 aliphatic rings. The molecule has 1 aliphatic carbocycles. The Hall–Kier alpha value is -1.62. The first-order chi connectivity index (χ1) is 10.2. The number of hydrogen-bond acceptors (Lipinski definition) is 4. The van der Waals surface area contributed by atoms with E-state index in [4.69, 9.17) is 5.73 Å². The van der Waals surface area contributed by atoms with Gasteiger partial charge in [-0.1, -0.05) is 12.8 Å². The van der Waals surface area contributed by atoms with Crippen LogP contribution in [0.2, 0.25) is 0 Å². The summed E-state index contributed by atoms with van der Waals surface area (Å²) in [6.45, 7) is 2.64. The van der Waals surface area contributed by atoms with Gasteiger partial charge in [-0.2, -0.15) is 0 Å². The summed E-state index contributed by atoms with van der Waals surface area (Å²) < 4.78 is 0. The quantitative estimate of drug-likeness (QED) is 0.884. The standard InChI is InChI=1S/C16H24N4O/c17-12-16(7-1-2-8-16)19-15(21)13-5-6-14(18-11-13)20-9-3-4-10-20/h5-6,11H,1-4,7-10,12,17H2,(H,19,21). The molecule has 2 fully saturated rings. The van der Waals surface area contributed by atoms with Crippen LogP contribution in [0.3, 0.4) is 0 Å². The van der Waals surface area contributed by atoms with Crippen molar-refractivity contribution >= 4 is 11.7 Å². The average molecular weight is 288 g/mol. The molecule has 5 nitrogen and oxygen atoms in total. The Morgan fingerprint density at radius 3 is 2.52 bits per heavy atom. The Labute approximate surface area is 125 Å². The van der Waals surface area contributed by atoms with Crippen LogP contribution in [-0.2, 0) is 0 Å². The van der Waals surface area contributed by atoms with Gasteiger partial charge in [-0.25, -0.2) is 4.98 Å². The second-order valence-electron chi connectivity index (χ2n) is 6.24. The summed E-state index contributed by atoms with van der Waals surface area (Å²) in [5.74, 6) is 0.918. The summed E-state index contributed by atoms with van der Waals surface area (Å²) in [6.07, 6.45) is 8.38. The van der Waals surface area contributed by atoms with E-state index in [1.54, 1.807) is 6.20 Å². The van der Waals surface area contributed by atoms with Gasteiger partial charge in [0.05, 0.1) is 11.1 Å². The molecule has 3 rings (SSSR count). The van der Waals surface area contributed by atoms with Crippen molar-refractivity contribution in [2.75, 3.05) is 24.5 Å². The molecule has 0 aromatic carbocycles. The first kappa shape index (κ1) is 14.3. The molecule has 0 spiro atoms. The molecule has 1 aromatic rings. The number of pyridine rings is 1. The van der Waals surface area contributed by atoms with E-state index < -0.39 is 0 Å². The number of hydrogen-bond donors (Lipinski definition) is 2. The van der Waals surface area contributed by atoms with Gasteiger partial charge in [0.1, 0.15) is 5.82 Å². The van der Waals surface area contributed by atoms with Gasteiger partial charge in [0.25, 0.3) is 5.91 Å². The Morgan fingerprint density at radius 2 is 1.95 bits per heavy atom. The Balaban J connectivity index is 1.67. The number of aromatic nitrogens is 1. The largest absolute Gasteiger partial charge is 0.357 e. The second kappa shape index (κ2) is 6.02. The maximum Gasteiger partial charge on any atom is 0.253 e. The van der Waals surface area contributed by atoms with Crippen molar-refractivity contribution in [3.63, 3.8) is 0 Å². The van der Waals surface area contributed by atoms with Crippen LogP contribution < -0.4 is 16.0 Å². The molecular formula is C16H24N4O. The molecule has 1 aromatic heterocycles. The molecule has 1 aliphatic heterocycles. The molecule has 0 bridgehead atoms. The molecule has 2 heterocycles. The van der Waals surface area contributed by atoms with Crippen molar-refractivity contribution in [3.05, 3.63) is 23.9 Å². The smallest absolute Gasteiger partial charge is 0.253 e. The van der Waals surface area contributed by atoms with Gasteiger partial charge in [0.2, 0.25) is 0 Å².